The second kappa shape index (κ2) is 10.8. The molecule has 1 saturated heterocycles. The topological polar surface area (TPSA) is 160 Å². The van der Waals surface area contributed by atoms with Crippen molar-refractivity contribution in [2.75, 3.05) is 25.1 Å². The number of carbonyl (C=O) groups excluding carboxylic acids is 6. The van der Waals surface area contributed by atoms with Crippen molar-refractivity contribution in [3.05, 3.63) is 29.3 Å². The van der Waals surface area contributed by atoms with Crippen LogP contribution >= 0.6 is 0 Å². The Labute approximate surface area is 188 Å². The molecule has 33 heavy (non-hydrogen) atoms. The van der Waals surface area contributed by atoms with E-state index in [1.165, 1.54) is 18.2 Å². The lowest BCUT2D eigenvalue weighted by atomic mass is 10.0. The number of hydrogen-bond donors (Lipinski definition) is 3. The minimum Gasteiger partial charge on any atom is -0.369 e. The van der Waals surface area contributed by atoms with Crippen LogP contribution in [0.15, 0.2) is 18.2 Å². The molecule has 1 atom stereocenters. The van der Waals surface area contributed by atoms with Crippen molar-refractivity contribution in [2.24, 2.45) is 0 Å². The van der Waals surface area contributed by atoms with E-state index in [0.29, 0.717) is 12.8 Å². The van der Waals surface area contributed by atoms with Crippen LogP contribution in [0.2, 0.25) is 0 Å². The van der Waals surface area contributed by atoms with E-state index < -0.39 is 35.6 Å². The van der Waals surface area contributed by atoms with Gasteiger partial charge in [-0.2, -0.15) is 0 Å². The first-order valence-electron chi connectivity index (χ1n) is 10.5. The molecular formula is C21H24N4O8. The third kappa shape index (κ3) is 5.59. The Hall–Kier alpha value is -3.64. The number of hydrogen-bond acceptors (Lipinski definition) is 8. The SMILES string of the molecule is CCCC(=O)NOCCOCC(=O)Nc1cccc2c1C(=O)N(C1CCC(=O)NC1=O)C2=O. The number of benzene rings is 1. The lowest BCUT2D eigenvalue weighted by Gasteiger charge is -2.27. The number of piperidine rings is 1. The number of nitrogens with zero attached hydrogens (tertiary/aromatic N) is 1. The first-order chi connectivity index (χ1) is 15.8. The van der Waals surface area contributed by atoms with Crippen LogP contribution in [0.4, 0.5) is 5.69 Å². The number of ether oxygens (including phenoxy) is 1. The largest absolute Gasteiger partial charge is 0.369 e. The van der Waals surface area contributed by atoms with E-state index in [-0.39, 0.29) is 55.4 Å². The Morgan fingerprint density at radius 1 is 1.12 bits per heavy atom. The normalized spacial score (nSPS) is 17.6. The molecule has 2 aliphatic rings. The Bertz CT molecular complexity index is 992. The van der Waals surface area contributed by atoms with Gasteiger partial charge in [0.15, 0.2) is 0 Å². The highest BCUT2D eigenvalue weighted by atomic mass is 16.7. The zero-order chi connectivity index (χ0) is 24.0. The summed E-state index contributed by atoms with van der Waals surface area (Å²) in [6.07, 6.45) is 1.07. The predicted molar refractivity (Wildman–Crippen MR) is 112 cm³/mol. The molecule has 12 nitrogen and oxygen atoms in total. The van der Waals surface area contributed by atoms with E-state index in [9.17, 15) is 28.8 Å². The molecular weight excluding hydrogens is 436 g/mol. The molecule has 2 heterocycles. The van der Waals surface area contributed by atoms with Crippen LogP contribution in [0.1, 0.15) is 53.3 Å². The van der Waals surface area contributed by atoms with Gasteiger partial charge in [0, 0.05) is 12.8 Å². The average molecular weight is 460 g/mol. The zero-order valence-corrected chi connectivity index (χ0v) is 18.0. The number of fused-ring (bicyclic) bond motifs is 1. The molecule has 3 N–H and O–H groups in total. The number of nitrogens with one attached hydrogen (secondary N) is 3. The van der Waals surface area contributed by atoms with Gasteiger partial charge in [-0.05, 0) is 25.0 Å². The maximum Gasteiger partial charge on any atom is 0.264 e. The van der Waals surface area contributed by atoms with Gasteiger partial charge in [-0.25, -0.2) is 5.48 Å². The molecule has 0 saturated carbocycles. The summed E-state index contributed by atoms with van der Waals surface area (Å²) in [5.41, 5.74) is 2.38. The molecule has 0 radical (unpaired) electrons. The summed E-state index contributed by atoms with van der Waals surface area (Å²) < 4.78 is 5.18. The molecule has 6 amide bonds. The number of carbonyl (C=O) groups is 6. The number of imide groups is 2. The summed E-state index contributed by atoms with van der Waals surface area (Å²) in [7, 11) is 0. The molecule has 0 spiro atoms. The lowest BCUT2D eigenvalue weighted by molar-refractivity contribution is -0.136. The fourth-order valence-electron chi connectivity index (χ4n) is 3.48. The van der Waals surface area contributed by atoms with Crippen molar-refractivity contribution in [1.82, 2.24) is 15.7 Å². The van der Waals surface area contributed by atoms with Gasteiger partial charge in [0.2, 0.25) is 23.6 Å². The molecule has 0 bridgehead atoms. The number of amides is 6. The average Bonchev–Trinajstić information content (AvgIpc) is 3.02. The molecule has 0 aromatic heterocycles. The number of anilines is 1. The van der Waals surface area contributed by atoms with Crippen molar-refractivity contribution < 1.29 is 38.3 Å². The smallest absolute Gasteiger partial charge is 0.264 e. The number of hydroxylamine groups is 1. The Morgan fingerprint density at radius 3 is 2.64 bits per heavy atom. The van der Waals surface area contributed by atoms with Gasteiger partial charge in [-0.1, -0.05) is 13.0 Å². The van der Waals surface area contributed by atoms with E-state index in [1.807, 2.05) is 6.92 Å². The van der Waals surface area contributed by atoms with Crippen molar-refractivity contribution in [3.8, 4) is 0 Å². The third-order valence-electron chi connectivity index (χ3n) is 4.97. The summed E-state index contributed by atoms with van der Waals surface area (Å²) in [5.74, 6) is -3.39. The molecule has 1 aromatic carbocycles. The van der Waals surface area contributed by atoms with Gasteiger partial charge < -0.3 is 10.1 Å². The van der Waals surface area contributed by atoms with Crippen LogP contribution in [-0.2, 0) is 28.8 Å². The van der Waals surface area contributed by atoms with E-state index in [4.69, 9.17) is 9.57 Å². The van der Waals surface area contributed by atoms with Crippen molar-refractivity contribution in [2.45, 2.75) is 38.6 Å². The van der Waals surface area contributed by atoms with Gasteiger partial charge >= 0.3 is 0 Å². The van der Waals surface area contributed by atoms with Crippen LogP contribution in [0.5, 0.6) is 0 Å². The maximum atomic E-state index is 13.0. The molecule has 0 aliphatic carbocycles. The van der Waals surface area contributed by atoms with Gasteiger partial charge in [0.25, 0.3) is 11.8 Å². The first kappa shape index (κ1) is 24.0. The molecule has 12 heteroatoms. The Kier molecular flexibility index (Phi) is 7.85. The van der Waals surface area contributed by atoms with Gasteiger partial charge in [0.05, 0.1) is 30.0 Å². The Morgan fingerprint density at radius 2 is 1.91 bits per heavy atom. The molecule has 3 rings (SSSR count). The third-order valence-corrected chi connectivity index (χ3v) is 4.97. The van der Waals surface area contributed by atoms with E-state index in [1.54, 1.807) is 0 Å². The van der Waals surface area contributed by atoms with Crippen LogP contribution in [0, 0.1) is 0 Å². The summed E-state index contributed by atoms with van der Waals surface area (Å²) in [6, 6.07) is 3.29. The summed E-state index contributed by atoms with van der Waals surface area (Å²) in [4.78, 5) is 78.6. The van der Waals surface area contributed by atoms with E-state index in [2.05, 4.69) is 16.1 Å². The summed E-state index contributed by atoms with van der Waals surface area (Å²) >= 11 is 0. The Balaban J connectivity index is 1.56. The molecule has 2 aliphatic heterocycles. The second-order valence-electron chi connectivity index (χ2n) is 7.40. The van der Waals surface area contributed by atoms with Crippen LogP contribution < -0.4 is 16.1 Å². The highest BCUT2D eigenvalue weighted by Gasteiger charge is 2.45. The van der Waals surface area contributed by atoms with Crippen LogP contribution in [0.3, 0.4) is 0 Å². The van der Waals surface area contributed by atoms with Crippen LogP contribution in [0.25, 0.3) is 0 Å². The monoisotopic (exact) mass is 460 g/mol. The minimum absolute atomic E-state index is 0.0107. The second-order valence-corrected chi connectivity index (χ2v) is 7.40. The van der Waals surface area contributed by atoms with Crippen molar-refractivity contribution in [3.63, 3.8) is 0 Å². The summed E-state index contributed by atoms with van der Waals surface area (Å²) in [5, 5.41) is 4.66. The van der Waals surface area contributed by atoms with Crippen molar-refractivity contribution in [1.29, 1.82) is 0 Å². The maximum absolute atomic E-state index is 13.0. The molecule has 176 valence electrons. The number of rotatable bonds is 10. The van der Waals surface area contributed by atoms with E-state index in [0.717, 1.165) is 4.90 Å². The highest BCUT2D eigenvalue weighted by Crippen LogP contribution is 2.32. The molecule has 1 aromatic rings. The van der Waals surface area contributed by atoms with Gasteiger partial charge in [0.1, 0.15) is 12.6 Å². The summed E-state index contributed by atoms with van der Waals surface area (Å²) in [6.45, 7) is 1.58. The fourth-order valence-corrected chi connectivity index (χ4v) is 3.48. The van der Waals surface area contributed by atoms with Crippen molar-refractivity contribution >= 4 is 41.1 Å². The highest BCUT2D eigenvalue weighted by molar-refractivity contribution is 6.26. The zero-order valence-electron chi connectivity index (χ0n) is 18.0. The fraction of sp³-hybridized carbons (Fsp3) is 0.429. The molecule has 1 fully saturated rings. The van der Waals surface area contributed by atoms with E-state index >= 15 is 0 Å². The van der Waals surface area contributed by atoms with Gasteiger partial charge in [-0.3, -0.25) is 43.8 Å². The standard InChI is InChI=1S/C21H24N4O8/c1-2-4-16(27)24-33-10-9-32-11-17(28)22-13-6-3-5-12-18(13)21(31)25(20(12)30)14-7-8-15(26)23-19(14)29/h3,5-6,14H,2,4,7-11H2,1H3,(H,22,28)(H,24,27)(H,23,26,29). The predicted octanol–water partition coefficient (Wildman–Crippen LogP) is -0.109. The van der Waals surface area contributed by atoms with Gasteiger partial charge in [-0.15, -0.1) is 0 Å². The quantitative estimate of drug-likeness (QED) is 0.248. The van der Waals surface area contributed by atoms with Crippen LogP contribution in [-0.4, -0.2) is 66.2 Å². The lowest BCUT2D eigenvalue weighted by Crippen LogP contribution is -2.54. The molecule has 1 unspecified atom stereocenters. The first-order valence-corrected chi connectivity index (χ1v) is 10.5. The minimum atomic E-state index is -1.10.